The summed E-state index contributed by atoms with van der Waals surface area (Å²) in [7, 11) is -1.42. The fraction of sp³-hybridized carbons (Fsp3) is 0.923. The van der Waals surface area contributed by atoms with Crippen LogP contribution in [0.2, 0.25) is 0 Å². The number of rotatable bonds is 5. The summed E-state index contributed by atoms with van der Waals surface area (Å²) in [6, 6.07) is 0.479. The van der Waals surface area contributed by atoms with Crippen LogP contribution in [0.5, 0.6) is 0 Å². The Balaban J connectivity index is 1.73. The maximum absolute atomic E-state index is 12.2. The lowest BCUT2D eigenvalue weighted by atomic mass is 10.2. The van der Waals surface area contributed by atoms with Crippen LogP contribution in [0.1, 0.15) is 25.7 Å². The van der Waals surface area contributed by atoms with Gasteiger partial charge in [0.1, 0.15) is 0 Å². The second-order valence-electron chi connectivity index (χ2n) is 5.45. The number of hydrogen-bond donors (Lipinski definition) is 2. The molecule has 8 heteroatoms. The van der Waals surface area contributed by atoms with E-state index in [0.29, 0.717) is 31.6 Å². The van der Waals surface area contributed by atoms with Gasteiger partial charge in [-0.1, -0.05) is 12.8 Å². The third kappa shape index (κ3) is 5.34. The summed E-state index contributed by atoms with van der Waals surface area (Å²) in [6.45, 7) is 1.68. The van der Waals surface area contributed by atoms with Gasteiger partial charge >= 0.3 is 0 Å². The quantitative estimate of drug-likeness (QED) is 0.565. The minimum absolute atomic E-state index is 0.128. The highest BCUT2D eigenvalue weighted by molar-refractivity contribution is 7.99. The van der Waals surface area contributed by atoms with E-state index < -0.39 is 10.0 Å². The van der Waals surface area contributed by atoms with Crippen molar-refractivity contribution in [1.29, 1.82) is 0 Å². The zero-order chi connectivity index (χ0) is 15.1. The number of guanidine groups is 1. The van der Waals surface area contributed by atoms with Gasteiger partial charge in [0.25, 0.3) is 0 Å². The van der Waals surface area contributed by atoms with Gasteiger partial charge in [0, 0.05) is 44.2 Å². The molecule has 2 N–H and O–H groups in total. The second kappa shape index (κ2) is 8.24. The Hall–Kier alpha value is -0.470. The third-order valence-electron chi connectivity index (χ3n) is 3.94. The van der Waals surface area contributed by atoms with E-state index in [1.807, 2.05) is 11.8 Å². The van der Waals surface area contributed by atoms with E-state index in [1.54, 1.807) is 11.4 Å². The van der Waals surface area contributed by atoms with Crippen LogP contribution in [0, 0.1) is 0 Å². The maximum Gasteiger partial charge on any atom is 0.215 e. The fourth-order valence-electron chi connectivity index (χ4n) is 2.71. The first kappa shape index (κ1) is 16.9. The molecule has 21 heavy (non-hydrogen) atoms. The minimum Gasteiger partial charge on any atom is -0.355 e. The predicted molar refractivity (Wildman–Crippen MR) is 89.4 cm³/mol. The summed E-state index contributed by atoms with van der Waals surface area (Å²) >= 11 is 1.81. The SMILES string of the molecule is CN=C(NCCS(=O)(=O)N1CCSCC1)NC1CCCC1. The van der Waals surface area contributed by atoms with Gasteiger partial charge in [-0.3, -0.25) is 4.99 Å². The van der Waals surface area contributed by atoms with Crippen LogP contribution in [0.15, 0.2) is 4.99 Å². The van der Waals surface area contributed by atoms with Crippen LogP contribution in [-0.2, 0) is 10.0 Å². The van der Waals surface area contributed by atoms with Crippen molar-refractivity contribution in [2.24, 2.45) is 4.99 Å². The maximum atomic E-state index is 12.2. The van der Waals surface area contributed by atoms with E-state index in [1.165, 1.54) is 25.7 Å². The molecule has 0 atom stereocenters. The molecule has 0 aromatic carbocycles. The van der Waals surface area contributed by atoms with Crippen molar-refractivity contribution in [3.8, 4) is 0 Å². The van der Waals surface area contributed by atoms with Crippen molar-refractivity contribution in [3.63, 3.8) is 0 Å². The Labute approximate surface area is 132 Å². The number of nitrogens with one attached hydrogen (secondary N) is 2. The first-order valence-corrected chi connectivity index (χ1v) is 10.4. The molecule has 2 rings (SSSR count). The van der Waals surface area contributed by atoms with Gasteiger partial charge in [-0.25, -0.2) is 12.7 Å². The second-order valence-corrected chi connectivity index (χ2v) is 8.77. The molecule has 0 radical (unpaired) electrons. The molecule has 2 aliphatic rings. The monoisotopic (exact) mass is 334 g/mol. The number of hydrogen-bond acceptors (Lipinski definition) is 4. The molecule has 1 aliphatic heterocycles. The molecule has 1 aliphatic carbocycles. The highest BCUT2D eigenvalue weighted by Gasteiger charge is 2.24. The van der Waals surface area contributed by atoms with Gasteiger partial charge in [0.05, 0.1) is 5.75 Å². The molecule has 122 valence electrons. The van der Waals surface area contributed by atoms with Crippen molar-refractivity contribution in [3.05, 3.63) is 0 Å². The first-order valence-electron chi connectivity index (χ1n) is 7.64. The van der Waals surface area contributed by atoms with Gasteiger partial charge in [-0.2, -0.15) is 11.8 Å². The van der Waals surface area contributed by atoms with Gasteiger partial charge in [-0.05, 0) is 12.8 Å². The third-order valence-corrected chi connectivity index (χ3v) is 6.75. The standard InChI is InChI=1S/C13H26N4O2S2/c1-14-13(16-12-4-2-3-5-12)15-6-11-21(18,19)17-7-9-20-10-8-17/h12H,2-11H2,1H3,(H2,14,15,16). The van der Waals surface area contributed by atoms with Crippen LogP contribution in [0.3, 0.4) is 0 Å². The van der Waals surface area contributed by atoms with E-state index in [0.717, 1.165) is 11.5 Å². The molecule has 1 saturated carbocycles. The molecule has 0 unspecified atom stereocenters. The molecule has 0 aromatic heterocycles. The lowest BCUT2D eigenvalue weighted by Gasteiger charge is -2.25. The molecule has 6 nitrogen and oxygen atoms in total. The topological polar surface area (TPSA) is 73.8 Å². The molecule has 2 fully saturated rings. The minimum atomic E-state index is -3.14. The molecule has 0 spiro atoms. The van der Waals surface area contributed by atoms with E-state index in [4.69, 9.17) is 0 Å². The Morgan fingerprint density at radius 3 is 2.57 bits per heavy atom. The first-order chi connectivity index (χ1) is 10.1. The molecule has 0 aromatic rings. The average molecular weight is 335 g/mol. The Bertz CT molecular complexity index is 441. The molecule has 0 bridgehead atoms. The zero-order valence-corrected chi connectivity index (χ0v) is 14.3. The molecule has 1 saturated heterocycles. The molecule has 1 heterocycles. The largest absolute Gasteiger partial charge is 0.355 e. The Morgan fingerprint density at radius 1 is 1.29 bits per heavy atom. The normalized spacial score (nSPS) is 22.4. The number of sulfonamides is 1. The van der Waals surface area contributed by atoms with Crippen molar-refractivity contribution >= 4 is 27.7 Å². The predicted octanol–water partition coefficient (Wildman–Crippen LogP) is 0.473. The van der Waals surface area contributed by atoms with Crippen LogP contribution in [0.25, 0.3) is 0 Å². The van der Waals surface area contributed by atoms with E-state index in [2.05, 4.69) is 15.6 Å². The van der Waals surface area contributed by atoms with Crippen LogP contribution in [0.4, 0.5) is 0 Å². The summed E-state index contributed by atoms with van der Waals surface area (Å²) < 4.78 is 26.0. The number of nitrogens with zero attached hydrogens (tertiary/aromatic N) is 2. The van der Waals surface area contributed by atoms with Crippen molar-refractivity contribution in [2.75, 3.05) is 43.9 Å². The zero-order valence-electron chi connectivity index (χ0n) is 12.7. The van der Waals surface area contributed by atoms with Crippen molar-refractivity contribution in [2.45, 2.75) is 31.7 Å². The van der Waals surface area contributed by atoms with Crippen LogP contribution >= 0.6 is 11.8 Å². The lowest BCUT2D eigenvalue weighted by molar-refractivity contribution is 0.443. The van der Waals surface area contributed by atoms with Gasteiger partial charge < -0.3 is 10.6 Å². The lowest BCUT2D eigenvalue weighted by Crippen LogP contribution is -2.46. The Kier molecular flexibility index (Phi) is 6.63. The molecular formula is C13H26N4O2S2. The van der Waals surface area contributed by atoms with Crippen molar-refractivity contribution < 1.29 is 8.42 Å². The summed E-state index contributed by atoms with van der Waals surface area (Å²) in [5.41, 5.74) is 0. The smallest absolute Gasteiger partial charge is 0.215 e. The van der Waals surface area contributed by atoms with Gasteiger partial charge in [0.15, 0.2) is 5.96 Å². The summed E-state index contributed by atoms with van der Waals surface area (Å²) in [6.07, 6.45) is 4.86. The van der Waals surface area contributed by atoms with Gasteiger partial charge in [0.2, 0.25) is 10.0 Å². The van der Waals surface area contributed by atoms with Crippen LogP contribution in [-0.4, -0.2) is 68.7 Å². The van der Waals surface area contributed by atoms with Crippen LogP contribution < -0.4 is 10.6 Å². The number of thioether (sulfide) groups is 1. The van der Waals surface area contributed by atoms with Crippen molar-refractivity contribution in [1.82, 2.24) is 14.9 Å². The highest BCUT2D eigenvalue weighted by Crippen LogP contribution is 2.17. The van der Waals surface area contributed by atoms with E-state index in [-0.39, 0.29) is 5.75 Å². The van der Waals surface area contributed by atoms with Gasteiger partial charge in [-0.15, -0.1) is 0 Å². The highest BCUT2D eigenvalue weighted by atomic mass is 32.2. The molecule has 0 amide bonds. The molecular weight excluding hydrogens is 308 g/mol. The Morgan fingerprint density at radius 2 is 1.95 bits per heavy atom. The number of aliphatic imine (C=N–C) groups is 1. The summed E-state index contributed by atoms with van der Waals surface area (Å²) in [5, 5.41) is 6.48. The van der Waals surface area contributed by atoms with E-state index in [9.17, 15) is 8.42 Å². The fourth-order valence-corrected chi connectivity index (χ4v) is 5.20. The van der Waals surface area contributed by atoms with E-state index >= 15 is 0 Å². The average Bonchev–Trinajstić information content (AvgIpc) is 3.00. The summed E-state index contributed by atoms with van der Waals surface area (Å²) in [5.74, 6) is 2.64. The summed E-state index contributed by atoms with van der Waals surface area (Å²) in [4.78, 5) is 4.17.